The van der Waals surface area contributed by atoms with Gasteiger partial charge in [-0.15, -0.1) is 0 Å². The minimum absolute atomic E-state index is 0.00942. The van der Waals surface area contributed by atoms with Crippen molar-refractivity contribution < 1.29 is 13.5 Å². The van der Waals surface area contributed by atoms with Crippen LogP contribution in [0.15, 0.2) is 29.2 Å². The molecule has 1 aromatic carbocycles. The van der Waals surface area contributed by atoms with Gasteiger partial charge in [-0.2, -0.15) is 0 Å². The summed E-state index contributed by atoms with van der Waals surface area (Å²) in [6, 6.07) is 6.95. The minimum Gasteiger partial charge on any atom is -0.396 e. The minimum atomic E-state index is -3.43. The molecule has 1 aromatic rings. The third-order valence-electron chi connectivity index (χ3n) is 3.62. The maximum atomic E-state index is 12.2. The van der Waals surface area contributed by atoms with Gasteiger partial charge in [-0.3, -0.25) is 0 Å². The first kappa shape index (κ1) is 13.5. The molecule has 0 atom stereocenters. The molecule has 1 aliphatic carbocycles. The second-order valence-corrected chi connectivity index (χ2v) is 6.80. The van der Waals surface area contributed by atoms with Crippen LogP contribution in [0, 0.1) is 12.3 Å². The molecule has 0 aliphatic heterocycles. The van der Waals surface area contributed by atoms with Crippen molar-refractivity contribution in [2.24, 2.45) is 5.41 Å². The van der Waals surface area contributed by atoms with Crippen molar-refractivity contribution in [1.29, 1.82) is 0 Å². The van der Waals surface area contributed by atoms with Gasteiger partial charge in [0.15, 0.2) is 0 Å². The van der Waals surface area contributed by atoms with E-state index in [-0.39, 0.29) is 12.0 Å². The van der Waals surface area contributed by atoms with Crippen LogP contribution in [-0.2, 0) is 10.0 Å². The average Bonchev–Trinajstić information content (AvgIpc) is 3.08. The van der Waals surface area contributed by atoms with Gasteiger partial charge in [-0.05, 0) is 43.2 Å². The molecular weight excluding hydrogens is 250 g/mol. The first-order chi connectivity index (χ1) is 8.49. The highest BCUT2D eigenvalue weighted by molar-refractivity contribution is 7.89. The Morgan fingerprint density at radius 1 is 1.33 bits per heavy atom. The van der Waals surface area contributed by atoms with E-state index >= 15 is 0 Å². The van der Waals surface area contributed by atoms with Crippen LogP contribution in [0.3, 0.4) is 0 Å². The van der Waals surface area contributed by atoms with E-state index in [9.17, 15) is 8.42 Å². The monoisotopic (exact) mass is 269 g/mol. The molecule has 100 valence electrons. The van der Waals surface area contributed by atoms with Crippen molar-refractivity contribution in [3.8, 4) is 0 Å². The molecule has 0 radical (unpaired) electrons. The molecule has 0 bridgehead atoms. The summed E-state index contributed by atoms with van der Waals surface area (Å²) in [5.74, 6) is 0. The SMILES string of the molecule is Cc1ccccc1S(=O)(=O)NCC1(CCO)CC1. The number of hydrogen-bond donors (Lipinski definition) is 2. The molecule has 0 saturated heterocycles. The van der Waals surface area contributed by atoms with Crippen LogP contribution in [0.25, 0.3) is 0 Å². The molecule has 0 spiro atoms. The maximum absolute atomic E-state index is 12.2. The molecule has 0 heterocycles. The van der Waals surface area contributed by atoms with Crippen molar-refractivity contribution in [3.05, 3.63) is 29.8 Å². The standard InChI is InChI=1S/C13H19NO3S/c1-11-4-2-3-5-12(11)18(16,17)14-10-13(6-7-13)8-9-15/h2-5,14-15H,6-10H2,1H3. The van der Waals surface area contributed by atoms with Gasteiger partial charge in [0.2, 0.25) is 10.0 Å². The molecule has 1 aliphatic rings. The van der Waals surface area contributed by atoms with E-state index in [1.165, 1.54) is 0 Å². The molecule has 4 nitrogen and oxygen atoms in total. The van der Waals surface area contributed by atoms with Gasteiger partial charge in [0, 0.05) is 13.2 Å². The summed E-state index contributed by atoms with van der Waals surface area (Å²) < 4.78 is 27.0. The molecule has 5 heteroatoms. The zero-order chi connectivity index (χ0) is 13.2. The quantitative estimate of drug-likeness (QED) is 0.821. The third kappa shape index (κ3) is 2.91. The van der Waals surface area contributed by atoms with Crippen LogP contribution in [0.2, 0.25) is 0 Å². The van der Waals surface area contributed by atoms with E-state index < -0.39 is 10.0 Å². The summed E-state index contributed by atoms with van der Waals surface area (Å²) in [5, 5.41) is 8.96. The number of aliphatic hydroxyl groups excluding tert-OH is 1. The van der Waals surface area contributed by atoms with E-state index in [4.69, 9.17) is 5.11 Å². The predicted octanol–water partition coefficient (Wildman–Crippen LogP) is 1.44. The van der Waals surface area contributed by atoms with Crippen LogP contribution in [0.1, 0.15) is 24.8 Å². The summed E-state index contributed by atoms with van der Waals surface area (Å²) in [4.78, 5) is 0.338. The second-order valence-electron chi connectivity index (χ2n) is 5.06. The second kappa shape index (κ2) is 4.99. The Balaban J connectivity index is 2.07. The summed E-state index contributed by atoms with van der Waals surface area (Å²) in [6.45, 7) is 2.32. The van der Waals surface area contributed by atoms with Gasteiger partial charge in [0.1, 0.15) is 0 Å². The topological polar surface area (TPSA) is 66.4 Å². The van der Waals surface area contributed by atoms with Crippen molar-refractivity contribution in [3.63, 3.8) is 0 Å². The van der Waals surface area contributed by atoms with Gasteiger partial charge >= 0.3 is 0 Å². The van der Waals surface area contributed by atoms with Gasteiger partial charge < -0.3 is 5.11 Å². The number of aryl methyl sites for hydroxylation is 1. The van der Waals surface area contributed by atoms with Crippen molar-refractivity contribution in [2.75, 3.05) is 13.2 Å². The molecule has 0 aromatic heterocycles. The fraction of sp³-hybridized carbons (Fsp3) is 0.538. The van der Waals surface area contributed by atoms with Crippen molar-refractivity contribution in [2.45, 2.75) is 31.1 Å². The number of benzene rings is 1. The van der Waals surface area contributed by atoms with Crippen LogP contribution < -0.4 is 4.72 Å². The van der Waals surface area contributed by atoms with Crippen LogP contribution in [0.5, 0.6) is 0 Å². The zero-order valence-corrected chi connectivity index (χ0v) is 11.3. The zero-order valence-electron chi connectivity index (χ0n) is 10.5. The number of aliphatic hydroxyl groups is 1. The lowest BCUT2D eigenvalue weighted by atomic mass is 10.0. The number of sulfonamides is 1. The lowest BCUT2D eigenvalue weighted by Crippen LogP contribution is -2.31. The molecule has 2 rings (SSSR count). The van der Waals surface area contributed by atoms with Gasteiger partial charge in [-0.25, -0.2) is 13.1 Å². The molecular formula is C13H19NO3S. The van der Waals surface area contributed by atoms with E-state index in [2.05, 4.69) is 4.72 Å². The Bertz CT molecular complexity index is 521. The van der Waals surface area contributed by atoms with Gasteiger partial charge in [0.05, 0.1) is 4.90 Å². The normalized spacial score (nSPS) is 17.7. The Hall–Kier alpha value is -0.910. The number of hydrogen-bond acceptors (Lipinski definition) is 3. The molecule has 0 unspecified atom stereocenters. The summed E-state index contributed by atoms with van der Waals surface area (Å²) in [6.07, 6.45) is 2.65. The number of rotatable bonds is 6. The first-order valence-corrected chi connectivity index (χ1v) is 7.64. The average molecular weight is 269 g/mol. The van der Waals surface area contributed by atoms with Crippen molar-refractivity contribution >= 4 is 10.0 Å². The Labute approximate surface area is 108 Å². The summed E-state index contributed by atoms with van der Waals surface area (Å²) in [7, 11) is -3.43. The van der Waals surface area contributed by atoms with Crippen molar-refractivity contribution in [1.82, 2.24) is 4.72 Å². The largest absolute Gasteiger partial charge is 0.396 e. The van der Waals surface area contributed by atoms with E-state index in [1.54, 1.807) is 25.1 Å². The third-order valence-corrected chi connectivity index (χ3v) is 5.18. The smallest absolute Gasteiger partial charge is 0.240 e. The van der Waals surface area contributed by atoms with E-state index in [0.29, 0.717) is 17.9 Å². The fourth-order valence-electron chi connectivity index (χ4n) is 2.11. The summed E-state index contributed by atoms with van der Waals surface area (Å²) >= 11 is 0. The lowest BCUT2D eigenvalue weighted by Gasteiger charge is -2.15. The molecule has 0 amide bonds. The van der Waals surface area contributed by atoms with E-state index in [0.717, 1.165) is 18.4 Å². The van der Waals surface area contributed by atoms with Gasteiger partial charge in [0.25, 0.3) is 0 Å². The van der Waals surface area contributed by atoms with Crippen LogP contribution in [-0.4, -0.2) is 26.7 Å². The highest BCUT2D eigenvalue weighted by atomic mass is 32.2. The molecule has 1 saturated carbocycles. The number of nitrogens with one attached hydrogen (secondary N) is 1. The summed E-state index contributed by atoms with van der Waals surface area (Å²) in [5.41, 5.74) is 0.738. The highest BCUT2D eigenvalue weighted by Gasteiger charge is 2.42. The Kier molecular flexibility index (Phi) is 3.75. The predicted molar refractivity (Wildman–Crippen MR) is 69.7 cm³/mol. The molecule has 2 N–H and O–H groups in total. The van der Waals surface area contributed by atoms with Crippen LogP contribution in [0.4, 0.5) is 0 Å². The Morgan fingerprint density at radius 2 is 2.00 bits per heavy atom. The fourth-order valence-corrected chi connectivity index (χ4v) is 3.51. The first-order valence-electron chi connectivity index (χ1n) is 6.15. The molecule has 1 fully saturated rings. The Morgan fingerprint density at radius 3 is 2.56 bits per heavy atom. The highest BCUT2D eigenvalue weighted by Crippen LogP contribution is 2.48. The van der Waals surface area contributed by atoms with Crippen LogP contribution >= 0.6 is 0 Å². The van der Waals surface area contributed by atoms with Gasteiger partial charge in [-0.1, -0.05) is 18.2 Å². The van der Waals surface area contributed by atoms with E-state index in [1.807, 2.05) is 6.07 Å². The maximum Gasteiger partial charge on any atom is 0.240 e. The molecule has 18 heavy (non-hydrogen) atoms. The lowest BCUT2D eigenvalue weighted by molar-refractivity contribution is 0.249.